The molecule has 1 N–H and O–H groups in total. The van der Waals surface area contributed by atoms with Gasteiger partial charge in [0.25, 0.3) is 0 Å². The molecule has 2 aliphatic heterocycles. The molecule has 2 amide bonds. The van der Waals surface area contributed by atoms with Gasteiger partial charge in [0.2, 0.25) is 11.8 Å². The second-order valence-corrected chi connectivity index (χ2v) is 6.28. The lowest BCUT2D eigenvalue weighted by Gasteiger charge is -2.42. The maximum atomic E-state index is 12.7. The van der Waals surface area contributed by atoms with E-state index in [0.29, 0.717) is 26.1 Å². The molecule has 2 fully saturated rings. The third-order valence-corrected chi connectivity index (χ3v) is 4.93. The van der Waals surface area contributed by atoms with Gasteiger partial charge in [-0.15, -0.1) is 0 Å². The van der Waals surface area contributed by atoms with Crippen molar-refractivity contribution in [2.45, 2.75) is 45.6 Å². The third kappa shape index (κ3) is 2.09. The van der Waals surface area contributed by atoms with E-state index in [1.807, 2.05) is 20.8 Å². The lowest BCUT2D eigenvalue weighted by Crippen LogP contribution is -2.58. The van der Waals surface area contributed by atoms with E-state index in [2.05, 4.69) is 0 Å². The van der Waals surface area contributed by atoms with E-state index in [1.165, 1.54) is 4.90 Å². The number of carbonyl (C=O) groups is 2. The molecule has 0 aliphatic carbocycles. The summed E-state index contributed by atoms with van der Waals surface area (Å²) in [5, 5.41) is 9.74. The first-order valence-electron chi connectivity index (χ1n) is 6.93. The zero-order chi connectivity index (χ0) is 14.3. The molecule has 1 atom stereocenters. The van der Waals surface area contributed by atoms with Gasteiger partial charge in [0.05, 0.1) is 17.6 Å². The molecule has 0 radical (unpaired) electrons. The number of nitrogens with zero attached hydrogens (tertiary/aromatic N) is 1. The van der Waals surface area contributed by atoms with E-state index in [1.54, 1.807) is 0 Å². The summed E-state index contributed by atoms with van der Waals surface area (Å²) < 4.78 is 5.30. The SMILES string of the molecule is CC(C)C1(C)CC(=O)N(C2(CO)CCOCC2)C1=O. The summed E-state index contributed by atoms with van der Waals surface area (Å²) >= 11 is 0. The van der Waals surface area contributed by atoms with Gasteiger partial charge in [-0.1, -0.05) is 13.8 Å². The molecule has 5 heteroatoms. The summed E-state index contributed by atoms with van der Waals surface area (Å²) in [7, 11) is 0. The highest BCUT2D eigenvalue weighted by Crippen LogP contribution is 2.44. The average molecular weight is 269 g/mol. The highest BCUT2D eigenvalue weighted by atomic mass is 16.5. The first-order chi connectivity index (χ1) is 8.87. The van der Waals surface area contributed by atoms with Crippen LogP contribution in [0.5, 0.6) is 0 Å². The number of aliphatic hydroxyl groups is 1. The first-order valence-corrected chi connectivity index (χ1v) is 6.93. The summed E-state index contributed by atoms with van der Waals surface area (Å²) in [4.78, 5) is 26.4. The summed E-state index contributed by atoms with van der Waals surface area (Å²) in [5.74, 6) is -0.190. The monoisotopic (exact) mass is 269 g/mol. The fourth-order valence-electron chi connectivity index (χ4n) is 2.97. The summed E-state index contributed by atoms with van der Waals surface area (Å²) in [6.45, 7) is 6.56. The molecule has 5 nitrogen and oxygen atoms in total. The lowest BCUT2D eigenvalue weighted by molar-refractivity contribution is -0.156. The van der Waals surface area contributed by atoms with Gasteiger partial charge in [-0.3, -0.25) is 14.5 Å². The van der Waals surface area contributed by atoms with E-state index >= 15 is 0 Å². The van der Waals surface area contributed by atoms with Crippen LogP contribution in [0.15, 0.2) is 0 Å². The van der Waals surface area contributed by atoms with Gasteiger partial charge in [-0.05, 0) is 25.7 Å². The van der Waals surface area contributed by atoms with E-state index in [0.717, 1.165) is 0 Å². The van der Waals surface area contributed by atoms with Gasteiger partial charge < -0.3 is 9.84 Å². The first kappa shape index (κ1) is 14.5. The van der Waals surface area contributed by atoms with Crippen LogP contribution < -0.4 is 0 Å². The van der Waals surface area contributed by atoms with Crippen molar-refractivity contribution in [3.63, 3.8) is 0 Å². The van der Waals surface area contributed by atoms with Crippen LogP contribution in [0, 0.1) is 11.3 Å². The fourth-order valence-corrected chi connectivity index (χ4v) is 2.97. The summed E-state index contributed by atoms with van der Waals surface area (Å²) in [5.41, 5.74) is -1.39. The van der Waals surface area contributed by atoms with E-state index in [-0.39, 0.29) is 30.8 Å². The molecule has 0 saturated carbocycles. The molecule has 0 aromatic heterocycles. The third-order valence-electron chi connectivity index (χ3n) is 4.93. The zero-order valence-electron chi connectivity index (χ0n) is 11.9. The highest BCUT2D eigenvalue weighted by Gasteiger charge is 2.56. The average Bonchev–Trinajstić information content (AvgIpc) is 2.62. The molecule has 0 spiro atoms. The van der Waals surface area contributed by atoms with E-state index in [4.69, 9.17) is 4.74 Å². The van der Waals surface area contributed by atoms with Gasteiger partial charge >= 0.3 is 0 Å². The standard InChI is InChI=1S/C14H23NO4/c1-10(2)13(3)8-11(17)15(12(13)18)14(9-16)4-6-19-7-5-14/h10,16H,4-9H2,1-3H3. The number of hydrogen-bond acceptors (Lipinski definition) is 4. The van der Waals surface area contributed by atoms with Crippen molar-refractivity contribution >= 4 is 11.8 Å². The van der Waals surface area contributed by atoms with Gasteiger partial charge in [0.1, 0.15) is 0 Å². The smallest absolute Gasteiger partial charge is 0.236 e. The summed E-state index contributed by atoms with van der Waals surface area (Å²) in [6.07, 6.45) is 1.29. The zero-order valence-corrected chi connectivity index (χ0v) is 11.9. The minimum atomic E-state index is -0.751. The fraction of sp³-hybridized carbons (Fsp3) is 0.857. The van der Waals surface area contributed by atoms with Crippen LogP contribution in [0.3, 0.4) is 0 Å². The maximum absolute atomic E-state index is 12.7. The molecule has 2 rings (SSSR count). The Balaban J connectivity index is 2.34. The largest absolute Gasteiger partial charge is 0.394 e. The molecule has 2 heterocycles. The molecule has 2 saturated heterocycles. The van der Waals surface area contributed by atoms with Crippen LogP contribution in [-0.2, 0) is 14.3 Å². The number of ether oxygens (including phenoxy) is 1. The Kier molecular flexibility index (Phi) is 3.71. The normalized spacial score (nSPS) is 31.3. The molecule has 0 aromatic carbocycles. The minimum Gasteiger partial charge on any atom is -0.394 e. The second-order valence-electron chi connectivity index (χ2n) is 6.28. The maximum Gasteiger partial charge on any atom is 0.236 e. The molecule has 19 heavy (non-hydrogen) atoms. The van der Waals surface area contributed by atoms with Crippen molar-refractivity contribution in [3.8, 4) is 0 Å². The number of amides is 2. The van der Waals surface area contributed by atoms with Crippen molar-refractivity contribution in [3.05, 3.63) is 0 Å². The number of aliphatic hydroxyl groups excluding tert-OH is 1. The van der Waals surface area contributed by atoms with Crippen molar-refractivity contribution in [1.82, 2.24) is 4.90 Å². The van der Waals surface area contributed by atoms with Gasteiger partial charge in [0, 0.05) is 19.6 Å². The van der Waals surface area contributed by atoms with E-state index in [9.17, 15) is 14.7 Å². The highest BCUT2D eigenvalue weighted by molar-refractivity contribution is 6.06. The van der Waals surface area contributed by atoms with Crippen molar-refractivity contribution in [2.24, 2.45) is 11.3 Å². The number of rotatable bonds is 3. The van der Waals surface area contributed by atoms with Crippen molar-refractivity contribution < 1.29 is 19.4 Å². The van der Waals surface area contributed by atoms with Crippen LogP contribution in [0.1, 0.15) is 40.0 Å². The van der Waals surface area contributed by atoms with Crippen LogP contribution in [0.2, 0.25) is 0 Å². The van der Waals surface area contributed by atoms with Gasteiger partial charge in [0.15, 0.2) is 0 Å². The second kappa shape index (κ2) is 4.87. The Morgan fingerprint density at radius 3 is 2.32 bits per heavy atom. The number of imide groups is 1. The molecular formula is C14H23NO4. The number of carbonyl (C=O) groups excluding carboxylic acids is 2. The summed E-state index contributed by atoms with van der Waals surface area (Å²) in [6, 6.07) is 0. The van der Waals surface area contributed by atoms with Gasteiger partial charge in [-0.25, -0.2) is 0 Å². The Morgan fingerprint density at radius 1 is 1.32 bits per heavy atom. The molecule has 2 aliphatic rings. The van der Waals surface area contributed by atoms with Crippen LogP contribution in [0.25, 0.3) is 0 Å². The van der Waals surface area contributed by atoms with Gasteiger partial charge in [-0.2, -0.15) is 0 Å². The van der Waals surface area contributed by atoms with E-state index < -0.39 is 11.0 Å². The number of hydrogen-bond donors (Lipinski definition) is 1. The minimum absolute atomic E-state index is 0.101. The topological polar surface area (TPSA) is 66.8 Å². The Labute approximate surface area is 113 Å². The molecule has 1 unspecified atom stereocenters. The van der Waals surface area contributed by atoms with Crippen LogP contribution in [0.4, 0.5) is 0 Å². The van der Waals surface area contributed by atoms with Crippen LogP contribution >= 0.6 is 0 Å². The predicted octanol–water partition coefficient (Wildman–Crippen LogP) is 0.949. The molecular weight excluding hydrogens is 246 g/mol. The molecule has 108 valence electrons. The molecule has 0 bridgehead atoms. The predicted molar refractivity (Wildman–Crippen MR) is 69.3 cm³/mol. The number of likely N-dealkylation sites (tertiary alicyclic amines) is 1. The van der Waals surface area contributed by atoms with Crippen molar-refractivity contribution in [1.29, 1.82) is 0 Å². The molecule has 0 aromatic rings. The Morgan fingerprint density at radius 2 is 1.89 bits per heavy atom. The van der Waals surface area contributed by atoms with Crippen LogP contribution in [-0.4, -0.2) is 47.2 Å². The quantitative estimate of drug-likeness (QED) is 0.775. The Hall–Kier alpha value is -0.940. The lowest BCUT2D eigenvalue weighted by atomic mass is 9.77. The van der Waals surface area contributed by atoms with Crippen molar-refractivity contribution in [2.75, 3.05) is 19.8 Å². The Bertz CT molecular complexity index is 387.